The number of thioether (sulfide) groups is 1. The maximum atomic E-state index is 11.6. The number of rotatable bonds is 9. The summed E-state index contributed by atoms with van der Waals surface area (Å²) < 4.78 is 7.10. The van der Waals surface area contributed by atoms with Crippen LogP contribution in [0.25, 0.3) is 0 Å². The number of tetrazole rings is 1. The fourth-order valence-corrected chi connectivity index (χ4v) is 2.29. The molecular weight excluding hydrogens is 278 g/mol. The van der Waals surface area contributed by atoms with Crippen LogP contribution < -0.4 is 5.32 Å². The van der Waals surface area contributed by atoms with E-state index in [1.807, 2.05) is 6.92 Å². The van der Waals surface area contributed by atoms with Gasteiger partial charge in [0.25, 0.3) is 0 Å². The monoisotopic (exact) mass is 297 g/mol. The molecule has 0 spiro atoms. The average Bonchev–Trinajstić information content (AvgIpc) is 3.14. The van der Waals surface area contributed by atoms with Crippen molar-refractivity contribution in [2.45, 2.75) is 31.0 Å². The van der Waals surface area contributed by atoms with Crippen LogP contribution in [-0.4, -0.2) is 51.6 Å². The summed E-state index contributed by atoms with van der Waals surface area (Å²) in [4.78, 5) is 11.6. The smallest absolute Gasteiger partial charge is 0.230 e. The molecule has 8 heteroatoms. The van der Waals surface area contributed by atoms with Gasteiger partial charge in [-0.1, -0.05) is 23.9 Å². The quantitative estimate of drug-likeness (QED) is 0.413. The van der Waals surface area contributed by atoms with Gasteiger partial charge in [0, 0.05) is 6.54 Å². The molecule has 0 unspecified atom stereocenters. The van der Waals surface area contributed by atoms with Gasteiger partial charge in [-0.25, -0.2) is 4.68 Å². The summed E-state index contributed by atoms with van der Waals surface area (Å²) in [5.74, 6) is 0.271. The van der Waals surface area contributed by atoms with Crippen molar-refractivity contribution in [3.63, 3.8) is 0 Å². The van der Waals surface area contributed by atoms with E-state index in [2.05, 4.69) is 27.4 Å². The predicted molar refractivity (Wildman–Crippen MR) is 75.5 cm³/mol. The SMILES string of the molecule is C=C(C)COCCNC(=O)CSc1nnnn1C1CC1. The molecular formula is C12H19N5O2S. The second kappa shape index (κ2) is 7.39. The second-order valence-electron chi connectivity index (χ2n) is 4.79. The van der Waals surface area contributed by atoms with Crippen LogP contribution in [-0.2, 0) is 9.53 Å². The highest BCUT2D eigenvalue weighted by atomic mass is 32.2. The lowest BCUT2D eigenvalue weighted by molar-refractivity contribution is -0.118. The van der Waals surface area contributed by atoms with Crippen LogP contribution in [0.3, 0.4) is 0 Å². The van der Waals surface area contributed by atoms with Crippen molar-refractivity contribution < 1.29 is 9.53 Å². The van der Waals surface area contributed by atoms with Gasteiger partial charge >= 0.3 is 0 Å². The zero-order chi connectivity index (χ0) is 14.4. The van der Waals surface area contributed by atoms with E-state index in [0.29, 0.717) is 36.7 Å². The standard InChI is InChI=1S/C12H19N5O2S/c1-9(2)7-19-6-5-13-11(18)8-20-12-14-15-16-17(12)10-3-4-10/h10H,1,3-8H2,2H3,(H,13,18). The van der Waals surface area contributed by atoms with Crippen molar-refractivity contribution in [2.24, 2.45) is 0 Å². The van der Waals surface area contributed by atoms with Gasteiger partial charge in [-0.05, 0) is 30.2 Å². The van der Waals surface area contributed by atoms with Crippen molar-refractivity contribution in [1.82, 2.24) is 25.5 Å². The van der Waals surface area contributed by atoms with Crippen molar-refractivity contribution in [3.05, 3.63) is 12.2 Å². The minimum absolute atomic E-state index is 0.0423. The zero-order valence-electron chi connectivity index (χ0n) is 11.5. The number of ether oxygens (including phenoxy) is 1. The molecule has 1 saturated carbocycles. The Hall–Kier alpha value is -1.41. The van der Waals surface area contributed by atoms with Crippen molar-refractivity contribution in [1.29, 1.82) is 0 Å². The molecule has 110 valence electrons. The highest BCUT2D eigenvalue weighted by Crippen LogP contribution is 2.36. The molecule has 1 aliphatic carbocycles. The van der Waals surface area contributed by atoms with Crippen LogP contribution in [0.4, 0.5) is 0 Å². The van der Waals surface area contributed by atoms with E-state index in [4.69, 9.17) is 4.74 Å². The third kappa shape index (κ3) is 4.93. The van der Waals surface area contributed by atoms with E-state index in [9.17, 15) is 4.79 Å². The molecule has 1 aromatic rings. The minimum Gasteiger partial charge on any atom is -0.375 e. The van der Waals surface area contributed by atoms with Gasteiger partial charge in [-0.3, -0.25) is 4.79 Å². The van der Waals surface area contributed by atoms with Gasteiger partial charge in [-0.15, -0.1) is 5.10 Å². The third-order valence-corrected chi connectivity index (χ3v) is 3.54. The molecule has 0 atom stereocenters. The lowest BCUT2D eigenvalue weighted by atomic mass is 10.4. The van der Waals surface area contributed by atoms with Crippen molar-refractivity contribution in [3.8, 4) is 0 Å². The Morgan fingerprint density at radius 2 is 2.40 bits per heavy atom. The van der Waals surface area contributed by atoms with E-state index in [1.165, 1.54) is 11.8 Å². The number of hydrogen-bond acceptors (Lipinski definition) is 6. The molecule has 1 heterocycles. The number of amides is 1. The Kier molecular flexibility index (Phi) is 5.54. The Morgan fingerprint density at radius 3 is 3.10 bits per heavy atom. The van der Waals surface area contributed by atoms with Gasteiger partial charge in [0.1, 0.15) is 0 Å². The van der Waals surface area contributed by atoms with E-state index in [-0.39, 0.29) is 5.91 Å². The average molecular weight is 297 g/mol. The van der Waals surface area contributed by atoms with Gasteiger partial charge in [0.2, 0.25) is 11.1 Å². The Labute approximate surface area is 122 Å². The van der Waals surface area contributed by atoms with Gasteiger partial charge in [-0.2, -0.15) is 0 Å². The molecule has 1 N–H and O–H groups in total. The molecule has 2 rings (SSSR count). The summed E-state index contributed by atoms with van der Waals surface area (Å²) in [5, 5.41) is 15.0. The molecule has 1 fully saturated rings. The van der Waals surface area contributed by atoms with Gasteiger partial charge in [0.05, 0.1) is 25.0 Å². The van der Waals surface area contributed by atoms with Gasteiger partial charge < -0.3 is 10.1 Å². The summed E-state index contributed by atoms with van der Waals surface area (Å²) in [6, 6.07) is 0.422. The molecule has 0 radical (unpaired) electrons. The van der Waals surface area contributed by atoms with Crippen LogP contribution in [0, 0.1) is 0 Å². The maximum Gasteiger partial charge on any atom is 0.230 e. The van der Waals surface area contributed by atoms with Gasteiger partial charge in [0.15, 0.2) is 0 Å². The number of carbonyl (C=O) groups is 1. The molecule has 0 saturated heterocycles. The number of nitrogens with one attached hydrogen (secondary N) is 1. The molecule has 0 bridgehead atoms. The zero-order valence-corrected chi connectivity index (χ0v) is 12.4. The topological polar surface area (TPSA) is 81.9 Å². The van der Waals surface area contributed by atoms with E-state index >= 15 is 0 Å². The summed E-state index contributed by atoms with van der Waals surface area (Å²) in [7, 11) is 0. The Morgan fingerprint density at radius 1 is 1.60 bits per heavy atom. The first-order valence-corrected chi connectivity index (χ1v) is 7.55. The Bertz CT molecular complexity index is 472. The molecule has 1 aliphatic rings. The minimum atomic E-state index is -0.0423. The summed E-state index contributed by atoms with van der Waals surface area (Å²) in [6.45, 7) is 7.16. The summed E-state index contributed by atoms with van der Waals surface area (Å²) in [6.07, 6.45) is 2.23. The molecule has 0 aromatic carbocycles. The first-order chi connectivity index (χ1) is 9.66. The maximum absolute atomic E-state index is 11.6. The second-order valence-corrected chi connectivity index (χ2v) is 5.73. The molecule has 1 amide bonds. The van der Waals surface area contributed by atoms with Crippen LogP contribution in [0.5, 0.6) is 0 Å². The van der Waals surface area contributed by atoms with Crippen molar-refractivity contribution >= 4 is 17.7 Å². The van der Waals surface area contributed by atoms with Crippen molar-refractivity contribution in [2.75, 3.05) is 25.5 Å². The summed E-state index contributed by atoms with van der Waals surface area (Å²) >= 11 is 1.36. The van der Waals surface area contributed by atoms with Crippen LogP contribution in [0.2, 0.25) is 0 Å². The Balaban J connectivity index is 1.60. The molecule has 20 heavy (non-hydrogen) atoms. The lowest BCUT2D eigenvalue weighted by Crippen LogP contribution is -2.29. The number of aromatic nitrogens is 4. The highest BCUT2D eigenvalue weighted by Gasteiger charge is 2.28. The van der Waals surface area contributed by atoms with E-state index in [1.54, 1.807) is 4.68 Å². The number of carbonyl (C=O) groups excluding carboxylic acids is 1. The number of hydrogen-bond donors (Lipinski definition) is 1. The fourth-order valence-electron chi connectivity index (χ4n) is 1.52. The molecule has 0 aliphatic heterocycles. The fraction of sp³-hybridized carbons (Fsp3) is 0.667. The molecule has 1 aromatic heterocycles. The highest BCUT2D eigenvalue weighted by molar-refractivity contribution is 7.99. The van der Waals surface area contributed by atoms with Crippen LogP contribution in [0.1, 0.15) is 25.8 Å². The first kappa shape index (κ1) is 15.0. The predicted octanol–water partition coefficient (Wildman–Crippen LogP) is 0.809. The number of nitrogens with zero attached hydrogens (tertiary/aromatic N) is 4. The summed E-state index contributed by atoms with van der Waals surface area (Å²) in [5.41, 5.74) is 0.971. The van der Waals surface area contributed by atoms with E-state index < -0.39 is 0 Å². The largest absolute Gasteiger partial charge is 0.375 e. The first-order valence-electron chi connectivity index (χ1n) is 6.56. The van der Waals surface area contributed by atoms with Crippen LogP contribution in [0.15, 0.2) is 17.3 Å². The molecule has 7 nitrogen and oxygen atoms in total. The van der Waals surface area contributed by atoms with Crippen LogP contribution >= 0.6 is 11.8 Å². The normalized spacial score (nSPS) is 14.2. The lowest BCUT2D eigenvalue weighted by Gasteiger charge is -2.06. The van der Waals surface area contributed by atoms with E-state index in [0.717, 1.165) is 18.4 Å². The third-order valence-electron chi connectivity index (χ3n) is 2.60.